The van der Waals surface area contributed by atoms with E-state index >= 15 is 0 Å². The molecule has 2 N–H and O–H groups in total. The zero-order valence-electron chi connectivity index (χ0n) is 7.94. The molecule has 0 spiro atoms. The Balaban J connectivity index is 3.38. The van der Waals surface area contributed by atoms with Crippen molar-refractivity contribution in [1.29, 1.82) is 5.26 Å². The minimum absolute atomic E-state index is 0.00695. The predicted molar refractivity (Wildman–Crippen MR) is 54.5 cm³/mol. The van der Waals surface area contributed by atoms with Crippen LogP contribution in [0.3, 0.4) is 0 Å². The maximum absolute atomic E-state index is 13.1. The number of nitrogens with zero attached hydrogens (tertiary/aromatic N) is 1. The fraction of sp³-hybridized carbons (Fsp3) is 0.300. The molecule has 0 amide bonds. The van der Waals surface area contributed by atoms with Crippen LogP contribution in [0.1, 0.15) is 19.4 Å². The van der Waals surface area contributed by atoms with Crippen LogP contribution in [0.5, 0.6) is 0 Å². The monoisotopic (exact) mass is 212 g/mol. The molecule has 14 heavy (non-hydrogen) atoms. The Morgan fingerprint density at radius 2 is 2.07 bits per heavy atom. The fourth-order valence-corrected chi connectivity index (χ4v) is 1.51. The summed E-state index contributed by atoms with van der Waals surface area (Å²) in [5.41, 5.74) is 4.96. The highest BCUT2D eigenvalue weighted by molar-refractivity contribution is 6.31. The molecule has 0 aromatic heterocycles. The number of hydrogen-bond acceptors (Lipinski definition) is 2. The summed E-state index contributed by atoms with van der Waals surface area (Å²) in [7, 11) is 0. The molecular formula is C10H10ClFN2. The number of nitrogen functional groups attached to an aromatic ring is 1. The highest BCUT2D eigenvalue weighted by Gasteiger charge is 2.24. The SMILES string of the molecule is CC(C)(C#N)c1cc(F)c(N)cc1Cl. The molecule has 0 fully saturated rings. The molecule has 0 atom stereocenters. The molecule has 0 saturated heterocycles. The van der Waals surface area contributed by atoms with Crippen molar-refractivity contribution in [2.75, 3.05) is 5.73 Å². The Kier molecular flexibility index (Phi) is 2.68. The number of hydrogen-bond donors (Lipinski definition) is 1. The van der Waals surface area contributed by atoms with Crippen LogP contribution in [0.4, 0.5) is 10.1 Å². The van der Waals surface area contributed by atoms with Crippen LogP contribution in [0.2, 0.25) is 5.02 Å². The first kappa shape index (κ1) is 10.8. The summed E-state index contributed by atoms with van der Waals surface area (Å²) >= 11 is 5.87. The Bertz CT molecular complexity index is 407. The van der Waals surface area contributed by atoms with Gasteiger partial charge in [-0.3, -0.25) is 0 Å². The van der Waals surface area contributed by atoms with Crippen LogP contribution in [-0.4, -0.2) is 0 Å². The first-order valence-electron chi connectivity index (χ1n) is 4.04. The van der Waals surface area contributed by atoms with Gasteiger partial charge in [-0.25, -0.2) is 4.39 Å². The quantitative estimate of drug-likeness (QED) is 0.728. The summed E-state index contributed by atoms with van der Waals surface area (Å²) in [6.07, 6.45) is 0. The van der Waals surface area contributed by atoms with Crippen LogP contribution < -0.4 is 5.73 Å². The smallest absolute Gasteiger partial charge is 0.146 e. The number of halogens is 2. The normalized spacial score (nSPS) is 11.1. The molecule has 0 bridgehead atoms. The average molecular weight is 213 g/mol. The van der Waals surface area contributed by atoms with Crippen LogP contribution in [-0.2, 0) is 5.41 Å². The summed E-state index contributed by atoms with van der Waals surface area (Å²) in [6, 6.07) is 4.59. The Labute approximate surface area is 87.1 Å². The second kappa shape index (κ2) is 3.47. The van der Waals surface area contributed by atoms with Crippen LogP contribution in [0.15, 0.2) is 12.1 Å². The third kappa shape index (κ3) is 1.80. The first-order valence-corrected chi connectivity index (χ1v) is 4.42. The van der Waals surface area contributed by atoms with Gasteiger partial charge in [0.15, 0.2) is 0 Å². The molecule has 0 unspecified atom stereocenters. The Morgan fingerprint density at radius 3 is 2.57 bits per heavy atom. The van der Waals surface area contributed by atoms with Crippen molar-refractivity contribution in [3.63, 3.8) is 0 Å². The molecule has 74 valence electrons. The van der Waals surface area contributed by atoms with E-state index in [1.165, 1.54) is 12.1 Å². The van der Waals surface area contributed by atoms with Crippen molar-refractivity contribution < 1.29 is 4.39 Å². The highest BCUT2D eigenvalue weighted by Crippen LogP contribution is 2.32. The van der Waals surface area contributed by atoms with E-state index in [9.17, 15) is 4.39 Å². The summed E-state index contributed by atoms with van der Waals surface area (Å²) < 4.78 is 13.1. The number of anilines is 1. The van der Waals surface area contributed by atoms with Gasteiger partial charge in [0.05, 0.1) is 17.2 Å². The number of nitrogens with two attached hydrogens (primary N) is 1. The van der Waals surface area contributed by atoms with Gasteiger partial charge >= 0.3 is 0 Å². The Morgan fingerprint density at radius 1 is 1.50 bits per heavy atom. The molecule has 1 aromatic carbocycles. The average Bonchev–Trinajstić information content (AvgIpc) is 2.11. The second-order valence-electron chi connectivity index (χ2n) is 3.59. The van der Waals surface area contributed by atoms with Gasteiger partial charge in [-0.1, -0.05) is 11.6 Å². The molecule has 4 heteroatoms. The first-order chi connectivity index (χ1) is 6.38. The standard InChI is InChI=1S/C10H10ClFN2/c1-10(2,5-13)6-3-8(12)9(14)4-7(6)11/h3-4H,14H2,1-2H3. The summed E-state index contributed by atoms with van der Waals surface area (Å²) in [4.78, 5) is 0. The minimum Gasteiger partial charge on any atom is -0.396 e. The highest BCUT2D eigenvalue weighted by atomic mass is 35.5. The molecule has 0 saturated carbocycles. The molecule has 0 heterocycles. The van der Waals surface area contributed by atoms with Crippen molar-refractivity contribution in [3.05, 3.63) is 28.5 Å². The van der Waals surface area contributed by atoms with Crippen LogP contribution in [0.25, 0.3) is 0 Å². The summed E-state index contributed by atoms with van der Waals surface area (Å²) in [5.74, 6) is -0.548. The zero-order valence-corrected chi connectivity index (χ0v) is 8.69. The van der Waals surface area contributed by atoms with E-state index in [0.717, 1.165) is 0 Å². The van der Waals surface area contributed by atoms with Gasteiger partial charge < -0.3 is 5.73 Å². The van der Waals surface area contributed by atoms with Gasteiger partial charge in [0.2, 0.25) is 0 Å². The third-order valence-electron chi connectivity index (χ3n) is 2.04. The van der Waals surface area contributed by atoms with Crippen molar-refractivity contribution in [3.8, 4) is 6.07 Å². The van der Waals surface area contributed by atoms with Crippen LogP contribution >= 0.6 is 11.6 Å². The molecule has 0 aliphatic carbocycles. The minimum atomic E-state index is -0.814. The van der Waals surface area contributed by atoms with Crippen LogP contribution in [0, 0.1) is 17.1 Å². The second-order valence-corrected chi connectivity index (χ2v) is 4.00. The van der Waals surface area contributed by atoms with E-state index in [1.807, 2.05) is 0 Å². The lowest BCUT2D eigenvalue weighted by atomic mass is 9.86. The maximum atomic E-state index is 13.1. The van der Waals surface area contributed by atoms with Crippen molar-refractivity contribution in [1.82, 2.24) is 0 Å². The summed E-state index contributed by atoms with van der Waals surface area (Å²) in [6.45, 7) is 3.34. The van der Waals surface area contributed by atoms with E-state index in [-0.39, 0.29) is 5.69 Å². The lowest BCUT2D eigenvalue weighted by Crippen LogP contribution is -2.15. The topological polar surface area (TPSA) is 49.8 Å². The maximum Gasteiger partial charge on any atom is 0.146 e. The zero-order chi connectivity index (χ0) is 10.9. The molecule has 0 aliphatic rings. The van der Waals surface area contributed by atoms with Crippen molar-refractivity contribution in [2.24, 2.45) is 0 Å². The van der Waals surface area contributed by atoms with Gasteiger partial charge in [-0.15, -0.1) is 0 Å². The number of benzene rings is 1. The van der Waals surface area contributed by atoms with E-state index < -0.39 is 11.2 Å². The number of nitriles is 1. The van der Waals surface area contributed by atoms with Gasteiger partial charge in [0.1, 0.15) is 5.82 Å². The lowest BCUT2D eigenvalue weighted by molar-refractivity contribution is 0.617. The lowest BCUT2D eigenvalue weighted by Gasteiger charge is -2.17. The van der Waals surface area contributed by atoms with Gasteiger partial charge in [-0.05, 0) is 31.5 Å². The molecule has 0 aliphatic heterocycles. The molecule has 0 radical (unpaired) electrons. The number of rotatable bonds is 1. The molecule has 1 aromatic rings. The Hall–Kier alpha value is -1.27. The van der Waals surface area contributed by atoms with Gasteiger partial charge in [0.25, 0.3) is 0 Å². The van der Waals surface area contributed by atoms with E-state index in [2.05, 4.69) is 6.07 Å². The largest absolute Gasteiger partial charge is 0.396 e. The van der Waals surface area contributed by atoms with E-state index in [4.69, 9.17) is 22.6 Å². The predicted octanol–water partition coefficient (Wildman–Crippen LogP) is 2.86. The van der Waals surface area contributed by atoms with Gasteiger partial charge in [-0.2, -0.15) is 5.26 Å². The van der Waals surface area contributed by atoms with Crippen molar-refractivity contribution >= 4 is 17.3 Å². The van der Waals surface area contributed by atoms with Crippen molar-refractivity contribution in [2.45, 2.75) is 19.3 Å². The van der Waals surface area contributed by atoms with Gasteiger partial charge in [0, 0.05) is 5.02 Å². The molecule has 2 nitrogen and oxygen atoms in total. The van der Waals surface area contributed by atoms with E-state index in [0.29, 0.717) is 10.6 Å². The van der Waals surface area contributed by atoms with E-state index in [1.54, 1.807) is 13.8 Å². The fourth-order valence-electron chi connectivity index (χ4n) is 1.10. The third-order valence-corrected chi connectivity index (χ3v) is 2.35. The molecular weight excluding hydrogens is 203 g/mol. The summed E-state index contributed by atoms with van der Waals surface area (Å²) in [5, 5.41) is 9.18. The molecule has 1 rings (SSSR count).